The summed E-state index contributed by atoms with van der Waals surface area (Å²) in [6.07, 6.45) is 1.51. The molecule has 80 valence electrons. The number of aryl methyl sites for hydroxylation is 1. The van der Waals surface area contributed by atoms with Crippen LogP contribution in [0.3, 0.4) is 0 Å². The van der Waals surface area contributed by atoms with Gasteiger partial charge in [0, 0.05) is 17.1 Å². The first kappa shape index (κ1) is 10.2. The molecule has 0 spiro atoms. The lowest BCUT2D eigenvalue weighted by Crippen LogP contribution is -2.18. The minimum atomic E-state index is -3.38. The van der Waals surface area contributed by atoms with E-state index in [9.17, 15) is 8.42 Å². The molecule has 2 N–H and O–H groups in total. The van der Waals surface area contributed by atoms with Crippen molar-refractivity contribution in [1.82, 2.24) is 9.71 Å². The maximum Gasteiger partial charge on any atom is 0.242 e. The topological polar surface area (TPSA) is 62.0 Å². The maximum absolute atomic E-state index is 11.6. The van der Waals surface area contributed by atoms with E-state index in [1.165, 1.54) is 13.2 Å². The van der Waals surface area contributed by atoms with Crippen LogP contribution in [0.4, 0.5) is 0 Å². The molecule has 0 bridgehead atoms. The van der Waals surface area contributed by atoms with E-state index in [4.69, 9.17) is 0 Å². The monoisotopic (exact) mass is 224 g/mol. The van der Waals surface area contributed by atoms with Crippen LogP contribution in [0, 0.1) is 6.92 Å². The van der Waals surface area contributed by atoms with Crippen molar-refractivity contribution in [1.29, 1.82) is 0 Å². The average Bonchev–Trinajstić information content (AvgIpc) is 2.61. The predicted molar refractivity (Wildman–Crippen MR) is 59.3 cm³/mol. The lowest BCUT2D eigenvalue weighted by Gasteiger charge is -1.99. The van der Waals surface area contributed by atoms with E-state index in [1.54, 1.807) is 0 Å². The quantitative estimate of drug-likeness (QED) is 0.809. The Kier molecular flexibility index (Phi) is 2.28. The van der Waals surface area contributed by atoms with Crippen molar-refractivity contribution in [3.05, 3.63) is 30.0 Å². The summed E-state index contributed by atoms with van der Waals surface area (Å²) >= 11 is 0. The third kappa shape index (κ3) is 1.64. The summed E-state index contributed by atoms with van der Waals surface area (Å²) in [5.74, 6) is 0. The van der Waals surface area contributed by atoms with Crippen molar-refractivity contribution in [2.24, 2.45) is 0 Å². The molecule has 2 rings (SSSR count). The fourth-order valence-corrected chi connectivity index (χ4v) is 2.45. The molecule has 0 unspecified atom stereocenters. The van der Waals surface area contributed by atoms with E-state index in [0.717, 1.165) is 16.5 Å². The highest BCUT2D eigenvalue weighted by molar-refractivity contribution is 7.89. The van der Waals surface area contributed by atoms with E-state index in [1.807, 2.05) is 25.1 Å². The van der Waals surface area contributed by atoms with Gasteiger partial charge in [0.2, 0.25) is 10.0 Å². The molecule has 0 saturated carbocycles. The maximum atomic E-state index is 11.6. The first-order valence-electron chi connectivity index (χ1n) is 4.56. The normalized spacial score (nSPS) is 12.1. The van der Waals surface area contributed by atoms with Crippen molar-refractivity contribution in [3.63, 3.8) is 0 Å². The molecule has 1 aromatic heterocycles. The number of benzene rings is 1. The first-order chi connectivity index (χ1) is 7.04. The van der Waals surface area contributed by atoms with Crippen molar-refractivity contribution >= 4 is 20.9 Å². The molecule has 0 saturated heterocycles. The van der Waals surface area contributed by atoms with Gasteiger partial charge in [-0.15, -0.1) is 0 Å². The minimum Gasteiger partial charge on any atom is -0.360 e. The van der Waals surface area contributed by atoms with E-state index >= 15 is 0 Å². The third-order valence-electron chi connectivity index (χ3n) is 2.36. The Morgan fingerprint density at radius 1 is 1.33 bits per heavy atom. The molecular formula is C10H12N2O2S. The lowest BCUT2D eigenvalue weighted by molar-refractivity contribution is 0.589. The molecule has 0 amide bonds. The molecule has 0 radical (unpaired) electrons. The highest BCUT2D eigenvalue weighted by Gasteiger charge is 2.16. The number of H-pyrrole nitrogens is 1. The Morgan fingerprint density at radius 3 is 2.73 bits per heavy atom. The average molecular weight is 224 g/mol. The smallest absolute Gasteiger partial charge is 0.242 e. The van der Waals surface area contributed by atoms with E-state index in [0.29, 0.717) is 4.90 Å². The predicted octanol–water partition coefficient (Wildman–Crippen LogP) is 1.38. The van der Waals surface area contributed by atoms with Gasteiger partial charge in [0.1, 0.15) is 4.90 Å². The SMILES string of the molecule is CNS(=O)(=O)c1c[nH]c2cc(C)ccc12. The second-order valence-electron chi connectivity index (χ2n) is 3.41. The molecule has 2 aromatic rings. The van der Waals surface area contributed by atoms with Gasteiger partial charge < -0.3 is 4.98 Å². The molecule has 15 heavy (non-hydrogen) atoms. The number of aromatic nitrogens is 1. The molecule has 0 aliphatic carbocycles. The molecule has 0 aliphatic rings. The van der Waals surface area contributed by atoms with Crippen molar-refractivity contribution in [2.75, 3.05) is 7.05 Å². The Balaban J connectivity index is 2.75. The van der Waals surface area contributed by atoms with Crippen LogP contribution in [0.1, 0.15) is 5.56 Å². The van der Waals surface area contributed by atoms with Gasteiger partial charge in [-0.25, -0.2) is 13.1 Å². The summed E-state index contributed by atoms with van der Waals surface area (Å²) in [6, 6.07) is 5.63. The van der Waals surface area contributed by atoms with E-state index in [-0.39, 0.29) is 0 Å². The first-order valence-corrected chi connectivity index (χ1v) is 6.04. The van der Waals surface area contributed by atoms with Gasteiger partial charge in [0.25, 0.3) is 0 Å². The Morgan fingerprint density at radius 2 is 2.07 bits per heavy atom. The molecule has 4 nitrogen and oxygen atoms in total. The van der Waals surface area contributed by atoms with Crippen molar-refractivity contribution in [3.8, 4) is 0 Å². The fraction of sp³-hybridized carbons (Fsp3) is 0.200. The number of nitrogens with one attached hydrogen (secondary N) is 2. The number of hydrogen-bond acceptors (Lipinski definition) is 2. The minimum absolute atomic E-state index is 0.292. The van der Waals surface area contributed by atoms with Crippen LogP contribution < -0.4 is 4.72 Å². The van der Waals surface area contributed by atoms with Gasteiger partial charge in [-0.1, -0.05) is 12.1 Å². The zero-order valence-corrected chi connectivity index (χ0v) is 9.35. The van der Waals surface area contributed by atoms with Gasteiger partial charge in [0.05, 0.1) is 0 Å². The summed E-state index contributed by atoms with van der Waals surface area (Å²) in [4.78, 5) is 3.24. The van der Waals surface area contributed by atoms with Crippen LogP contribution in [-0.4, -0.2) is 20.4 Å². The summed E-state index contributed by atoms with van der Waals surface area (Å²) < 4.78 is 25.6. The van der Waals surface area contributed by atoms with Crippen molar-refractivity contribution < 1.29 is 8.42 Å². The fourth-order valence-electron chi connectivity index (χ4n) is 1.55. The van der Waals surface area contributed by atoms with Gasteiger partial charge >= 0.3 is 0 Å². The van der Waals surface area contributed by atoms with Crippen LogP contribution >= 0.6 is 0 Å². The molecule has 1 aromatic carbocycles. The molecule has 0 atom stereocenters. The number of rotatable bonds is 2. The molecule has 0 fully saturated rings. The largest absolute Gasteiger partial charge is 0.360 e. The van der Waals surface area contributed by atoms with Gasteiger partial charge in [0.15, 0.2) is 0 Å². The van der Waals surface area contributed by atoms with E-state index in [2.05, 4.69) is 9.71 Å². The van der Waals surface area contributed by atoms with Crippen LogP contribution in [0.15, 0.2) is 29.3 Å². The number of fused-ring (bicyclic) bond motifs is 1. The van der Waals surface area contributed by atoms with Crippen molar-refractivity contribution in [2.45, 2.75) is 11.8 Å². The Labute approximate surface area is 88.4 Å². The van der Waals surface area contributed by atoms with Crippen LogP contribution in [-0.2, 0) is 10.0 Å². The summed E-state index contributed by atoms with van der Waals surface area (Å²) in [6.45, 7) is 1.96. The molecule has 5 heteroatoms. The lowest BCUT2D eigenvalue weighted by atomic mass is 10.2. The van der Waals surface area contributed by atoms with Gasteiger partial charge in [-0.2, -0.15) is 0 Å². The van der Waals surface area contributed by atoms with E-state index < -0.39 is 10.0 Å². The number of hydrogen-bond donors (Lipinski definition) is 2. The summed E-state index contributed by atoms with van der Waals surface area (Å²) in [7, 11) is -1.97. The van der Waals surface area contributed by atoms with Crippen LogP contribution in [0.25, 0.3) is 10.9 Å². The number of aromatic amines is 1. The summed E-state index contributed by atoms with van der Waals surface area (Å²) in [5.41, 5.74) is 1.93. The van der Waals surface area contributed by atoms with Crippen LogP contribution in [0.5, 0.6) is 0 Å². The third-order valence-corrected chi connectivity index (χ3v) is 3.81. The Bertz CT molecular complexity index is 599. The second kappa shape index (κ2) is 3.36. The molecule has 0 aliphatic heterocycles. The Hall–Kier alpha value is -1.33. The number of sulfonamides is 1. The van der Waals surface area contributed by atoms with Gasteiger partial charge in [-0.3, -0.25) is 0 Å². The molecule has 1 heterocycles. The van der Waals surface area contributed by atoms with Gasteiger partial charge in [-0.05, 0) is 25.6 Å². The standard InChI is InChI=1S/C10H12N2O2S/c1-7-3-4-8-9(5-7)12-6-10(8)15(13,14)11-2/h3-6,11-12H,1-2H3. The summed E-state index contributed by atoms with van der Waals surface area (Å²) in [5, 5.41) is 0.718. The van der Waals surface area contributed by atoms with Crippen LogP contribution in [0.2, 0.25) is 0 Å². The zero-order chi connectivity index (χ0) is 11.1. The second-order valence-corrected chi connectivity index (χ2v) is 5.26. The molecular weight excluding hydrogens is 212 g/mol. The highest BCUT2D eigenvalue weighted by Crippen LogP contribution is 2.22. The highest BCUT2D eigenvalue weighted by atomic mass is 32.2. The zero-order valence-electron chi connectivity index (χ0n) is 8.53.